The summed E-state index contributed by atoms with van der Waals surface area (Å²) in [6.07, 6.45) is 0. The van der Waals surface area contributed by atoms with Crippen LogP contribution in [0.2, 0.25) is 0 Å². The van der Waals surface area contributed by atoms with Gasteiger partial charge in [0.15, 0.2) is 0 Å². The van der Waals surface area contributed by atoms with Crippen molar-refractivity contribution in [3.05, 3.63) is 364 Å². The van der Waals surface area contributed by atoms with Crippen molar-refractivity contribution in [3.63, 3.8) is 0 Å². The molecule has 0 saturated heterocycles. The zero-order valence-corrected chi connectivity index (χ0v) is 51.0. The van der Waals surface area contributed by atoms with Gasteiger partial charge in [-0.15, -0.1) is 0 Å². The van der Waals surface area contributed by atoms with Gasteiger partial charge in [-0.2, -0.15) is 0 Å². The fourth-order valence-electron chi connectivity index (χ4n) is 13.9. The molecule has 0 bridgehead atoms. The third-order valence-corrected chi connectivity index (χ3v) is 173. The summed E-state index contributed by atoms with van der Waals surface area (Å²) in [7, 11) is 16.7. The molecule has 0 spiro atoms. The predicted molar refractivity (Wildman–Crippen MR) is 358 cm³/mol. The fourth-order valence-corrected chi connectivity index (χ4v) is 243. The van der Waals surface area contributed by atoms with Crippen molar-refractivity contribution in [1.29, 1.82) is 0 Å². The van der Waals surface area contributed by atoms with Crippen LogP contribution in [0.25, 0.3) is 0 Å². The molecule has 394 valence electrons. The van der Waals surface area contributed by atoms with Crippen LogP contribution in [0, 0.1) is 0 Å². The van der Waals surface area contributed by atoms with Crippen LogP contribution in [-0.4, -0.2) is 0 Å². The van der Waals surface area contributed by atoms with E-state index in [-0.39, 0.29) is 0 Å². The Morgan fingerprint density at radius 1 is 0.139 bits per heavy atom. The Kier molecular flexibility index (Phi) is 14.5. The molecule has 0 radical (unpaired) electrons. The summed E-state index contributed by atoms with van der Waals surface area (Å²) in [6.45, 7) is 0. The second-order valence-corrected chi connectivity index (χ2v) is 106. The standard InChI is InChI=1S/4C18H15P.2ClH.Ru/c4*1-4-10-16(11-5-1)19(17-12-6-2-7-13-17)18-14-8-3-9-15-18;;;/h4*1-15H;2*1H;/q;;;;;;-2/p+2. The Morgan fingerprint density at radius 3 is 0.291 bits per heavy atom. The molecular formula is C72H64Cl2P4Ru. The molecule has 79 heavy (non-hydrogen) atoms. The van der Waals surface area contributed by atoms with E-state index >= 15 is 0 Å². The molecule has 0 aliphatic heterocycles. The Labute approximate surface area is 474 Å². The average molecular weight is 1230 g/mol. The Balaban J connectivity index is 1.70. The van der Waals surface area contributed by atoms with Crippen molar-refractivity contribution in [3.8, 4) is 0 Å². The van der Waals surface area contributed by atoms with Gasteiger partial charge in [0.1, 0.15) is 0 Å². The summed E-state index contributed by atoms with van der Waals surface area (Å²) < 4.78 is 0. The van der Waals surface area contributed by atoms with Crippen LogP contribution in [-0.2, 0) is 8.52 Å². The second-order valence-electron chi connectivity index (χ2n) is 20.1. The topological polar surface area (TPSA) is 0 Å². The monoisotopic (exact) mass is 1220 g/mol. The molecule has 7 heteroatoms. The minimum atomic E-state index is -8.04. The van der Waals surface area contributed by atoms with E-state index in [0.29, 0.717) is 0 Å². The Bertz CT molecular complexity index is 3020. The molecule has 0 nitrogen and oxygen atoms in total. The van der Waals surface area contributed by atoms with E-state index < -0.39 is 30.9 Å². The number of hydrogen-bond donors (Lipinski definition) is 0. The normalized spacial score (nSPS) is 13.9. The van der Waals surface area contributed by atoms with Gasteiger partial charge >= 0.3 is 478 Å². The van der Waals surface area contributed by atoms with E-state index in [0.717, 1.165) is 0 Å². The van der Waals surface area contributed by atoms with Gasteiger partial charge in [0.2, 0.25) is 0 Å². The maximum atomic E-state index is 12.3. The molecular weight excluding hydrogens is 1160 g/mol. The van der Waals surface area contributed by atoms with Gasteiger partial charge in [0, 0.05) is 0 Å². The number of hydrogen-bond acceptors (Lipinski definition) is 0. The summed E-state index contributed by atoms with van der Waals surface area (Å²) >= 11 is 0. The quantitative estimate of drug-likeness (QED) is 0.0668. The van der Waals surface area contributed by atoms with E-state index in [9.17, 15) is 19.4 Å². The van der Waals surface area contributed by atoms with Crippen molar-refractivity contribution < 1.29 is 8.52 Å². The van der Waals surface area contributed by atoms with Gasteiger partial charge in [0.25, 0.3) is 0 Å². The molecule has 0 amide bonds. The first-order chi connectivity index (χ1) is 38.9. The molecule has 0 aliphatic rings. The Hall–Kier alpha value is -6.44. The van der Waals surface area contributed by atoms with E-state index in [1.807, 2.05) is 0 Å². The van der Waals surface area contributed by atoms with Gasteiger partial charge in [-0.25, -0.2) is 0 Å². The third-order valence-electron chi connectivity index (χ3n) is 16.4. The molecule has 0 fully saturated rings. The molecule has 12 rings (SSSR count). The first-order valence-corrected chi connectivity index (χ1v) is 49.2. The van der Waals surface area contributed by atoms with Gasteiger partial charge in [0.05, 0.1) is 0 Å². The molecule has 0 N–H and O–H groups in total. The molecule has 0 atom stereocenters. The molecule has 0 heterocycles. The zero-order chi connectivity index (χ0) is 53.8. The van der Waals surface area contributed by atoms with Crippen LogP contribution in [0.1, 0.15) is 0 Å². The summed E-state index contributed by atoms with van der Waals surface area (Å²) in [5, 5.41) is 14.1. The van der Waals surface area contributed by atoms with Crippen molar-refractivity contribution in [2.75, 3.05) is 0 Å². The van der Waals surface area contributed by atoms with E-state index in [1.165, 1.54) is 63.7 Å². The molecule has 0 aromatic heterocycles. The van der Waals surface area contributed by atoms with E-state index in [1.54, 1.807) is 0 Å². The van der Waals surface area contributed by atoms with Gasteiger partial charge in [-0.05, 0) is 0 Å². The SMILES string of the molecule is [Cl][Ru]([Cl])([PH](c1ccccc1)(c1ccccc1)c1ccccc1)([PH](c1ccccc1)(c1ccccc1)c1ccccc1)([PH](c1ccccc1)(c1ccccc1)c1ccccc1)[PH](c1ccccc1)(c1ccccc1)c1ccccc1. The molecule has 12 aromatic carbocycles. The summed E-state index contributed by atoms with van der Waals surface area (Å²) in [4.78, 5) is 0. The predicted octanol–water partition coefficient (Wildman–Crippen LogP) is 14.1. The number of halogens is 2. The summed E-state index contributed by atoms with van der Waals surface area (Å²) in [5.74, 6) is 0. The van der Waals surface area contributed by atoms with Gasteiger partial charge < -0.3 is 0 Å². The molecule has 12 aromatic rings. The van der Waals surface area contributed by atoms with Crippen molar-refractivity contribution >= 4 is 105 Å². The fraction of sp³-hybridized carbons (Fsp3) is 0. The summed E-state index contributed by atoms with van der Waals surface area (Å²) in [5.41, 5.74) is -18.4. The van der Waals surface area contributed by atoms with Crippen molar-refractivity contribution in [2.24, 2.45) is 0 Å². The second kappa shape index (κ2) is 21.6. The zero-order valence-electron chi connectivity index (χ0n) is 43.8. The maximum absolute atomic E-state index is 12.3. The van der Waals surface area contributed by atoms with Crippen LogP contribution in [0.3, 0.4) is 0 Å². The van der Waals surface area contributed by atoms with Crippen molar-refractivity contribution in [2.45, 2.75) is 0 Å². The number of rotatable bonds is 16. The van der Waals surface area contributed by atoms with Crippen LogP contribution in [0.15, 0.2) is 364 Å². The van der Waals surface area contributed by atoms with Crippen LogP contribution in [0.4, 0.5) is 0 Å². The third kappa shape index (κ3) is 7.05. The average Bonchev–Trinajstić information content (AvgIpc) is 0.669. The summed E-state index contributed by atoms with van der Waals surface area (Å²) in [6, 6.07) is 139. The van der Waals surface area contributed by atoms with Gasteiger partial charge in [-0.3, -0.25) is 0 Å². The first-order valence-electron chi connectivity index (χ1n) is 26.9. The first kappa shape index (κ1) is 53.2. The molecule has 0 unspecified atom stereocenters. The van der Waals surface area contributed by atoms with Crippen molar-refractivity contribution in [1.82, 2.24) is 0 Å². The molecule has 0 aliphatic carbocycles. The van der Waals surface area contributed by atoms with Crippen LogP contribution in [0.5, 0.6) is 0 Å². The van der Waals surface area contributed by atoms with Crippen LogP contribution < -0.4 is 63.7 Å². The number of benzene rings is 12. The Morgan fingerprint density at radius 2 is 0.215 bits per heavy atom. The van der Waals surface area contributed by atoms with E-state index in [2.05, 4.69) is 364 Å². The van der Waals surface area contributed by atoms with E-state index in [4.69, 9.17) is 0 Å². The van der Waals surface area contributed by atoms with Gasteiger partial charge in [-0.1, -0.05) is 0 Å². The minimum absolute atomic E-state index is 1.18. The van der Waals surface area contributed by atoms with Crippen LogP contribution >= 0.6 is 41.8 Å². The molecule has 0 saturated carbocycles.